The lowest BCUT2D eigenvalue weighted by atomic mass is 9.97. The summed E-state index contributed by atoms with van der Waals surface area (Å²) >= 11 is 1.86. The molecule has 0 aliphatic heterocycles. The first kappa shape index (κ1) is 32.2. The maximum Gasteiger partial charge on any atom is 0.164 e. The Morgan fingerprint density at radius 3 is 1.61 bits per heavy atom. The van der Waals surface area contributed by atoms with Crippen LogP contribution in [0, 0.1) is 0 Å². The van der Waals surface area contributed by atoms with Crippen molar-refractivity contribution >= 4 is 53.4 Å². The lowest BCUT2D eigenvalue weighted by Gasteiger charge is -2.09. The van der Waals surface area contributed by atoms with Gasteiger partial charge in [0.15, 0.2) is 17.5 Å². The average Bonchev–Trinajstić information content (AvgIpc) is 3.85. The predicted octanol–water partition coefficient (Wildman–Crippen LogP) is 14.1. The molecule has 11 rings (SSSR count). The van der Waals surface area contributed by atoms with E-state index in [1.54, 1.807) is 0 Å². The molecule has 262 valence electrons. The van der Waals surface area contributed by atoms with Crippen molar-refractivity contribution in [3.63, 3.8) is 0 Å². The van der Waals surface area contributed by atoms with Gasteiger partial charge in [-0.25, -0.2) is 15.0 Å². The Morgan fingerprint density at radius 1 is 0.321 bits per heavy atom. The maximum absolute atomic E-state index is 6.49. The number of hydrogen-bond acceptors (Lipinski definition) is 5. The summed E-state index contributed by atoms with van der Waals surface area (Å²) in [6.45, 7) is 0. The molecule has 0 aliphatic carbocycles. The van der Waals surface area contributed by atoms with Gasteiger partial charge in [0.1, 0.15) is 11.2 Å². The van der Waals surface area contributed by atoms with E-state index < -0.39 is 0 Å². The highest BCUT2D eigenvalue weighted by Crippen LogP contribution is 2.41. The fraction of sp³-hybridized carbons (Fsp3) is 0. The molecule has 0 amide bonds. The van der Waals surface area contributed by atoms with Gasteiger partial charge >= 0.3 is 0 Å². The number of aromatic nitrogens is 3. The minimum absolute atomic E-state index is 0.631. The molecule has 0 saturated heterocycles. The van der Waals surface area contributed by atoms with Gasteiger partial charge in [-0.05, 0) is 75.8 Å². The van der Waals surface area contributed by atoms with Crippen LogP contribution in [0.25, 0.3) is 110 Å². The maximum atomic E-state index is 6.49. The molecule has 4 nitrogen and oxygen atoms in total. The number of benzene rings is 8. The van der Waals surface area contributed by atoms with Crippen molar-refractivity contribution in [1.82, 2.24) is 15.0 Å². The van der Waals surface area contributed by atoms with Crippen molar-refractivity contribution in [1.29, 1.82) is 0 Å². The van der Waals surface area contributed by atoms with E-state index in [1.165, 1.54) is 31.3 Å². The zero-order chi connectivity index (χ0) is 37.0. The molecular formula is C51H31N3OS. The lowest BCUT2D eigenvalue weighted by Crippen LogP contribution is -2.00. The summed E-state index contributed by atoms with van der Waals surface area (Å²) in [5.74, 6) is 1.92. The number of rotatable bonds is 6. The van der Waals surface area contributed by atoms with Crippen LogP contribution in [-0.4, -0.2) is 15.0 Å². The summed E-state index contributed by atoms with van der Waals surface area (Å²) in [6, 6.07) is 65.7. The third-order valence-electron chi connectivity index (χ3n) is 10.5. The molecule has 0 radical (unpaired) electrons. The molecule has 11 aromatic rings. The normalized spacial score (nSPS) is 11.6. The zero-order valence-corrected chi connectivity index (χ0v) is 30.9. The lowest BCUT2D eigenvalue weighted by molar-refractivity contribution is 0.669. The second-order valence-electron chi connectivity index (χ2n) is 14.0. The van der Waals surface area contributed by atoms with Gasteiger partial charge < -0.3 is 4.42 Å². The van der Waals surface area contributed by atoms with Gasteiger partial charge in [-0.2, -0.15) is 0 Å². The van der Waals surface area contributed by atoms with Gasteiger partial charge in [0.25, 0.3) is 0 Å². The Morgan fingerprint density at radius 2 is 0.857 bits per heavy atom. The van der Waals surface area contributed by atoms with E-state index in [9.17, 15) is 0 Å². The Labute approximate surface area is 327 Å². The highest BCUT2D eigenvalue weighted by molar-refractivity contribution is 7.26. The Hall–Kier alpha value is -7.21. The number of thiophene rings is 1. The van der Waals surface area contributed by atoms with E-state index in [2.05, 4.69) is 127 Å². The summed E-state index contributed by atoms with van der Waals surface area (Å²) < 4.78 is 9.13. The van der Waals surface area contributed by atoms with Crippen LogP contribution in [0.2, 0.25) is 0 Å². The summed E-state index contributed by atoms with van der Waals surface area (Å²) in [7, 11) is 0. The molecule has 0 atom stereocenters. The van der Waals surface area contributed by atoms with E-state index in [0.29, 0.717) is 17.5 Å². The quantitative estimate of drug-likeness (QED) is 0.171. The van der Waals surface area contributed by atoms with E-state index in [0.717, 1.165) is 60.9 Å². The van der Waals surface area contributed by atoms with Crippen molar-refractivity contribution in [2.75, 3.05) is 0 Å². The first-order valence-corrected chi connectivity index (χ1v) is 19.5. The Balaban J connectivity index is 0.948. The molecule has 56 heavy (non-hydrogen) atoms. The summed E-state index contributed by atoms with van der Waals surface area (Å²) in [5.41, 5.74) is 11.5. The van der Waals surface area contributed by atoms with E-state index >= 15 is 0 Å². The third-order valence-corrected chi connectivity index (χ3v) is 11.8. The van der Waals surface area contributed by atoms with Crippen LogP contribution in [0.4, 0.5) is 0 Å². The average molecular weight is 734 g/mol. The highest BCUT2D eigenvalue weighted by Gasteiger charge is 2.16. The zero-order valence-electron chi connectivity index (χ0n) is 30.1. The Kier molecular flexibility index (Phi) is 7.64. The number of fused-ring (bicyclic) bond motifs is 6. The fourth-order valence-corrected chi connectivity index (χ4v) is 8.99. The number of nitrogens with zero attached hydrogens (tertiary/aromatic N) is 3. The minimum atomic E-state index is 0.631. The van der Waals surface area contributed by atoms with Crippen LogP contribution in [0.15, 0.2) is 192 Å². The van der Waals surface area contributed by atoms with Gasteiger partial charge in [0, 0.05) is 47.6 Å². The van der Waals surface area contributed by atoms with Crippen molar-refractivity contribution in [2.24, 2.45) is 0 Å². The van der Waals surface area contributed by atoms with Gasteiger partial charge in [-0.15, -0.1) is 11.3 Å². The van der Waals surface area contributed by atoms with Crippen LogP contribution in [0.3, 0.4) is 0 Å². The number of hydrogen-bond donors (Lipinski definition) is 0. The van der Waals surface area contributed by atoms with Crippen molar-refractivity contribution in [2.45, 2.75) is 0 Å². The van der Waals surface area contributed by atoms with Crippen LogP contribution in [-0.2, 0) is 0 Å². The minimum Gasteiger partial charge on any atom is -0.456 e. The van der Waals surface area contributed by atoms with Crippen LogP contribution in [0.1, 0.15) is 0 Å². The van der Waals surface area contributed by atoms with E-state index in [1.807, 2.05) is 72.0 Å². The molecule has 0 unspecified atom stereocenters. The molecule has 3 aromatic heterocycles. The smallest absolute Gasteiger partial charge is 0.164 e. The first-order chi connectivity index (χ1) is 27.7. The summed E-state index contributed by atoms with van der Waals surface area (Å²) in [6.07, 6.45) is 0. The molecular weight excluding hydrogens is 703 g/mol. The van der Waals surface area contributed by atoms with Crippen molar-refractivity contribution < 1.29 is 4.42 Å². The highest BCUT2D eigenvalue weighted by atomic mass is 32.1. The third kappa shape index (κ3) is 5.65. The Bertz CT molecular complexity index is 3200. The van der Waals surface area contributed by atoms with Crippen molar-refractivity contribution in [3.05, 3.63) is 188 Å². The summed E-state index contributed by atoms with van der Waals surface area (Å²) in [4.78, 5) is 14.8. The molecule has 8 aromatic carbocycles. The van der Waals surface area contributed by atoms with Crippen LogP contribution < -0.4 is 0 Å². The molecule has 0 fully saturated rings. The standard InChI is InChI=1S/C51H31N3OS/c1-3-12-32(13-4-1)49-52-50(33-14-5-2-6-15-33)54-51(53-49)39-19-10-17-35(29-39)36-25-27-45-44(30-36)41-26-24-37(31-46(41)55-45)34-16-9-18-38(28-34)40-21-11-22-43-42-20-7-8-23-47(42)56-48(40)43/h1-31H. The van der Waals surface area contributed by atoms with Crippen LogP contribution >= 0.6 is 11.3 Å². The topological polar surface area (TPSA) is 51.8 Å². The second-order valence-corrected chi connectivity index (χ2v) is 15.1. The first-order valence-electron chi connectivity index (χ1n) is 18.7. The molecule has 0 bridgehead atoms. The molecule has 0 aliphatic rings. The molecule has 0 N–H and O–H groups in total. The van der Waals surface area contributed by atoms with E-state index in [-0.39, 0.29) is 0 Å². The SMILES string of the molecule is c1ccc(-c2nc(-c3ccccc3)nc(-c3cccc(-c4ccc5oc6cc(-c7cccc(-c8cccc9c8sc8ccccc89)c7)ccc6c5c4)c3)n2)cc1. The molecule has 5 heteroatoms. The van der Waals surface area contributed by atoms with Gasteiger partial charge in [0.2, 0.25) is 0 Å². The predicted molar refractivity (Wildman–Crippen MR) is 233 cm³/mol. The number of furan rings is 1. The fourth-order valence-electron chi connectivity index (χ4n) is 7.75. The molecule has 0 spiro atoms. The largest absolute Gasteiger partial charge is 0.456 e. The van der Waals surface area contributed by atoms with Gasteiger partial charge in [-0.1, -0.05) is 146 Å². The van der Waals surface area contributed by atoms with Crippen LogP contribution in [0.5, 0.6) is 0 Å². The monoisotopic (exact) mass is 733 g/mol. The van der Waals surface area contributed by atoms with Gasteiger partial charge in [0.05, 0.1) is 0 Å². The van der Waals surface area contributed by atoms with Gasteiger partial charge in [-0.3, -0.25) is 0 Å². The van der Waals surface area contributed by atoms with E-state index in [4.69, 9.17) is 19.4 Å². The second kappa shape index (κ2) is 13.3. The molecule has 3 heterocycles. The molecule has 0 saturated carbocycles. The van der Waals surface area contributed by atoms with Crippen molar-refractivity contribution in [3.8, 4) is 67.5 Å². The summed E-state index contributed by atoms with van der Waals surface area (Å²) in [5, 5.41) is 4.79.